The molecule has 8 nitrogen and oxygen atoms in total. The molecule has 2 N–H and O–H groups in total. The van der Waals surface area contributed by atoms with Crippen molar-refractivity contribution in [2.45, 2.75) is 89.3 Å². The van der Waals surface area contributed by atoms with Crippen molar-refractivity contribution in [1.29, 1.82) is 0 Å². The highest BCUT2D eigenvalue weighted by atomic mass is 16.5. The van der Waals surface area contributed by atoms with Gasteiger partial charge in [-0.2, -0.15) is 4.98 Å². The molecule has 1 saturated heterocycles. The van der Waals surface area contributed by atoms with Crippen LogP contribution in [0.1, 0.15) is 93.1 Å². The van der Waals surface area contributed by atoms with Gasteiger partial charge in [-0.1, -0.05) is 19.4 Å². The zero-order chi connectivity index (χ0) is 26.6. The molecule has 1 aliphatic carbocycles. The highest BCUT2D eigenvalue weighted by Crippen LogP contribution is 2.38. The third-order valence-electron chi connectivity index (χ3n) is 8.30. The van der Waals surface area contributed by atoms with E-state index < -0.39 is 0 Å². The Morgan fingerprint density at radius 2 is 1.95 bits per heavy atom. The lowest BCUT2D eigenvalue weighted by Gasteiger charge is -2.32. The van der Waals surface area contributed by atoms with Crippen molar-refractivity contribution in [3.8, 4) is 5.75 Å². The van der Waals surface area contributed by atoms with Crippen LogP contribution in [-0.4, -0.2) is 62.8 Å². The summed E-state index contributed by atoms with van der Waals surface area (Å²) >= 11 is 0. The average Bonchev–Trinajstić information content (AvgIpc) is 3.32. The number of ether oxygens (including phenoxy) is 1. The van der Waals surface area contributed by atoms with Crippen LogP contribution in [0.3, 0.4) is 0 Å². The fourth-order valence-electron chi connectivity index (χ4n) is 6.12. The Balaban J connectivity index is 1.37. The number of fused-ring (bicyclic) bond motifs is 1. The summed E-state index contributed by atoms with van der Waals surface area (Å²) < 4.78 is 7.65. The number of rotatable bonds is 8. The molecule has 1 saturated carbocycles. The summed E-state index contributed by atoms with van der Waals surface area (Å²) in [6, 6.07) is 8.05. The number of carbonyl (C=O) groups excluding carboxylic acids is 1. The zero-order valence-corrected chi connectivity index (χ0v) is 22.9. The van der Waals surface area contributed by atoms with E-state index in [1.54, 1.807) is 7.11 Å². The number of hydrogen-bond donors (Lipinski definition) is 2. The maximum absolute atomic E-state index is 13.2. The van der Waals surface area contributed by atoms with Gasteiger partial charge in [-0.05, 0) is 81.5 Å². The van der Waals surface area contributed by atoms with Crippen LogP contribution in [0.5, 0.6) is 5.75 Å². The second-order valence-corrected chi connectivity index (χ2v) is 11.0. The number of aromatic nitrogens is 3. The number of amides is 1. The van der Waals surface area contributed by atoms with E-state index in [0.29, 0.717) is 35.3 Å². The molecular weight excluding hydrogens is 478 g/mol. The number of benzene rings is 1. The number of piperidine rings is 1. The summed E-state index contributed by atoms with van der Waals surface area (Å²) in [5.41, 5.74) is 2.94. The van der Waals surface area contributed by atoms with Crippen LogP contribution in [0.2, 0.25) is 0 Å². The minimum Gasteiger partial charge on any atom is -0.497 e. The van der Waals surface area contributed by atoms with E-state index in [1.807, 2.05) is 35.4 Å². The van der Waals surface area contributed by atoms with Gasteiger partial charge in [-0.25, -0.2) is 4.98 Å². The van der Waals surface area contributed by atoms with Gasteiger partial charge in [0.05, 0.1) is 13.2 Å². The summed E-state index contributed by atoms with van der Waals surface area (Å²) in [6.45, 7) is 5.80. The largest absolute Gasteiger partial charge is 0.497 e. The molecule has 1 atom stereocenters. The number of hydrogen-bond acceptors (Lipinski definition) is 6. The van der Waals surface area contributed by atoms with Gasteiger partial charge in [0.25, 0.3) is 5.91 Å². The van der Waals surface area contributed by atoms with Crippen molar-refractivity contribution in [2.24, 2.45) is 0 Å². The van der Waals surface area contributed by atoms with E-state index in [1.165, 1.54) is 5.56 Å². The van der Waals surface area contributed by atoms with Crippen LogP contribution in [-0.2, 0) is 0 Å². The van der Waals surface area contributed by atoms with Crippen LogP contribution in [0, 0.1) is 0 Å². The Labute approximate surface area is 225 Å². The number of methoxy groups -OCH3 is 1. The Kier molecular flexibility index (Phi) is 8.17. The van der Waals surface area contributed by atoms with Crippen LogP contribution in [0.25, 0.3) is 11.0 Å². The average molecular weight is 520 g/mol. The van der Waals surface area contributed by atoms with Crippen molar-refractivity contribution in [2.75, 3.05) is 25.5 Å². The summed E-state index contributed by atoms with van der Waals surface area (Å²) in [6.07, 6.45) is 11.7. The molecule has 3 heterocycles. The second-order valence-electron chi connectivity index (χ2n) is 11.0. The third-order valence-corrected chi connectivity index (χ3v) is 8.30. The molecule has 2 aromatic heterocycles. The van der Waals surface area contributed by atoms with Crippen molar-refractivity contribution in [3.63, 3.8) is 0 Å². The fraction of sp³-hybridized carbons (Fsp3) is 0.567. The summed E-state index contributed by atoms with van der Waals surface area (Å²) in [4.78, 5) is 24.8. The van der Waals surface area contributed by atoms with Gasteiger partial charge >= 0.3 is 0 Å². The molecular formula is C30H41N5O3. The first kappa shape index (κ1) is 26.5. The first-order chi connectivity index (χ1) is 18.5. The van der Waals surface area contributed by atoms with Gasteiger partial charge in [-0.3, -0.25) is 4.79 Å². The highest BCUT2D eigenvalue weighted by molar-refractivity contribution is 5.94. The molecule has 1 amide bonds. The van der Waals surface area contributed by atoms with Crippen molar-refractivity contribution in [1.82, 2.24) is 19.4 Å². The molecule has 0 spiro atoms. The number of anilines is 1. The fourth-order valence-corrected chi connectivity index (χ4v) is 6.12. The number of aliphatic hydroxyl groups is 1. The molecule has 1 aromatic carbocycles. The first-order valence-corrected chi connectivity index (χ1v) is 14.2. The Bertz CT molecular complexity index is 1240. The van der Waals surface area contributed by atoms with Crippen molar-refractivity contribution in [3.05, 3.63) is 47.8 Å². The molecule has 5 rings (SSSR count). The van der Waals surface area contributed by atoms with Crippen LogP contribution in [0.4, 0.5) is 5.95 Å². The second kappa shape index (κ2) is 11.7. The number of aliphatic hydroxyl groups excluding tert-OH is 1. The minimum atomic E-state index is -0.194. The van der Waals surface area contributed by atoms with Crippen LogP contribution < -0.4 is 10.1 Å². The topological polar surface area (TPSA) is 92.5 Å². The van der Waals surface area contributed by atoms with E-state index in [4.69, 9.17) is 14.7 Å². The minimum absolute atomic E-state index is 0.0609. The Hall–Kier alpha value is -3.13. The molecule has 1 unspecified atom stereocenters. The van der Waals surface area contributed by atoms with Crippen molar-refractivity contribution < 1.29 is 14.6 Å². The van der Waals surface area contributed by atoms with E-state index in [-0.39, 0.29) is 12.0 Å². The normalized spacial score (nSPS) is 21.4. The van der Waals surface area contributed by atoms with Gasteiger partial charge < -0.3 is 24.6 Å². The predicted octanol–water partition coefficient (Wildman–Crippen LogP) is 5.54. The summed E-state index contributed by atoms with van der Waals surface area (Å²) in [5.74, 6) is 1.79. The lowest BCUT2D eigenvalue weighted by molar-refractivity contribution is 0.0712. The highest BCUT2D eigenvalue weighted by Gasteiger charge is 2.30. The van der Waals surface area contributed by atoms with Crippen LogP contribution >= 0.6 is 0 Å². The van der Waals surface area contributed by atoms with Crippen LogP contribution in [0.15, 0.2) is 36.7 Å². The molecule has 38 heavy (non-hydrogen) atoms. The number of nitrogens with zero attached hydrogens (tertiary/aromatic N) is 4. The molecule has 0 radical (unpaired) electrons. The van der Waals surface area contributed by atoms with E-state index in [0.717, 1.165) is 75.5 Å². The number of nitrogens with one attached hydrogen (secondary N) is 1. The van der Waals surface area contributed by atoms with Gasteiger partial charge in [0.1, 0.15) is 11.4 Å². The summed E-state index contributed by atoms with van der Waals surface area (Å²) in [5, 5.41) is 14.7. The smallest absolute Gasteiger partial charge is 0.253 e. The number of likely N-dealkylation sites (tertiary alicyclic amines) is 1. The van der Waals surface area contributed by atoms with E-state index in [9.17, 15) is 9.90 Å². The molecule has 8 heteroatoms. The molecule has 0 bridgehead atoms. The lowest BCUT2D eigenvalue weighted by atomic mass is 9.89. The van der Waals surface area contributed by atoms with E-state index >= 15 is 0 Å². The summed E-state index contributed by atoms with van der Waals surface area (Å²) in [7, 11) is 1.62. The SMILES string of the molecule is CCCC(C)Nc1ncc2c(C3CCN(C(=O)c4cccc(OC)c4)CC3)cn(C3CCC(O)CC3)c2n1. The predicted molar refractivity (Wildman–Crippen MR) is 150 cm³/mol. The molecule has 2 aliphatic rings. The van der Waals surface area contributed by atoms with Gasteiger partial charge in [0.2, 0.25) is 5.95 Å². The molecule has 2 fully saturated rings. The maximum Gasteiger partial charge on any atom is 0.253 e. The molecule has 3 aromatic rings. The maximum atomic E-state index is 13.2. The monoisotopic (exact) mass is 519 g/mol. The Morgan fingerprint density at radius 3 is 2.66 bits per heavy atom. The van der Waals surface area contributed by atoms with Gasteiger partial charge in [0, 0.05) is 48.5 Å². The Morgan fingerprint density at radius 1 is 1.18 bits per heavy atom. The number of carbonyl (C=O) groups is 1. The van der Waals surface area contributed by atoms with Gasteiger partial charge in [-0.15, -0.1) is 0 Å². The zero-order valence-electron chi connectivity index (χ0n) is 22.9. The first-order valence-electron chi connectivity index (χ1n) is 14.2. The van der Waals surface area contributed by atoms with Crippen molar-refractivity contribution >= 4 is 22.9 Å². The third kappa shape index (κ3) is 5.65. The standard InChI is InChI=1S/C30H41N5O3/c1-4-6-20(2)32-30-31-18-26-27(19-35(28(26)33-30)23-9-11-24(36)12-10-23)21-13-15-34(16-14-21)29(37)22-7-5-8-25(17-22)38-3/h5,7-8,17-21,23-24,36H,4,6,9-16H2,1-3H3,(H,31,32,33). The van der Waals surface area contributed by atoms with E-state index in [2.05, 4.69) is 29.9 Å². The molecule has 1 aliphatic heterocycles. The quantitative estimate of drug-likeness (QED) is 0.406. The lowest BCUT2D eigenvalue weighted by Crippen LogP contribution is -2.37. The van der Waals surface area contributed by atoms with Gasteiger partial charge in [0.15, 0.2) is 0 Å². The molecule has 204 valence electrons.